The van der Waals surface area contributed by atoms with Crippen molar-refractivity contribution in [2.75, 3.05) is 6.54 Å². The number of benzene rings is 2. The van der Waals surface area contributed by atoms with E-state index in [1.807, 2.05) is 43.6 Å². The van der Waals surface area contributed by atoms with Gasteiger partial charge in [-0.2, -0.15) is 9.15 Å². The van der Waals surface area contributed by atoms with E-state index >= 15 is 0 Å². The van der Waals surface area contributed by atoms with Crippen LogP contribution in [0.15, 0.2) is 24.3 Å². The van der Waals surface area contributed by atoms with Gasteiger partial charge in [-0.25, -0.2) is 4.79 Å². The molecule has 238 valence electrons. The number of phenolic OH excluding ortho intramolecular Hbond substituents is 2. The highest BCUT2D eigenvalue weighted by Gasteiger charge is 2.64. The number of nitrogens with two attached hydrogens (primary N) is 1. The van der Waals surface area contributed by atoms with Crippen LogP contribution in [-0.4, -0.2) is 74.1 Å². The zero-order valence-electron chi connectivity index (χ0n) is 27.0. The number of hydrogen-bond acceptors (Lipinski definition) is 7. The van der Waals surface area contributed by atoms with Crippen molar-refractivity contribution in [1.29, 1.82) is 0 Å². The molecular formula is C35H49N3O6+2. The number of aliphatic hydroxyl groups is 1. The normalized spacial score (nSPS) is 24.3. The molecule has 1 saturated carbocycles. The Labute approximate surface area is 260 Å². The molecule has 1 aliphatic carbocycles. The molecule has 5 N–H and O–H groups in total. The number of aromatic hydroxyl groups is 2. The first-order chi connectivity index (χ1) is 20.7. The predicted molar refractivity (Wildman–Crippen MR) is 169 cm³/mol. The van der Waals surface area contributed by atoms with Crippen molar-refractivity contribution < 1.29 is 38.7 Å². The van der Waals surface area contributed by atoms with E-state index in [9.17, 15) is 20.1 Å². The maximum atomic E-state index is 11.9. The van der Waals surface area contributed by atoms with Gasteiger partial charge in [0.15, 0.2) is 12.4 Å². The van der Waals surface area contributed by atoms with Crippen molar-refractivity contribution in [3.63, 3.8) is 0 Å². The molecule has 3 aliphatic rings. The summed E-state index contributed by atoms with van der Waals surface area (Å²) in [7, 11) is 0. The number of cyclic esters (lactones) is 2. The molecule has 3 unspecified atom stereocenters. The van der Waals surface area contributed by atoms with Crippen molar-refractivity contribution in [2.45, 2.75) is 122 Å². The van der Waals surface area contributed by atoms with Gasteiger partial charge in [0.1, 0.15) is 11.5 Å². The van der Waals surface area contributed by atoms with E-state index in [0.717, 1.165) is 61.6 Å². The molecule has 2 aromatic rings. The molecule has 9 nitrogen and oxygen atoms in total. The first kappa shape index (κ1) is 32.0. The van der Waals surface area contributed by atoms with Gasteiger partial charge in [0, 0.05) is 18.4 Å². The molecule has 2 heterocycles. The third-order valence-corrected chi connectivity index (χ3v) is 9.29. The van der Waals surface area contributed by atoms with Crippen LogP contribution in [0.5, 0.6) is 11.5 Å². The standard InChI is InChI=1S/C35H47N3O6/c1-21-15-22(11-9-10-14-36)16-23(29(21)39)19-37-27-12-7-8-13-28(27)38(31(37)32-43-33(41)44-32)20-24-17-25(34(2,3)4)18-26(30(24)40)35(5,6)42/h15-20,27-28,31-32,42H,7-14,36H2,1-6H3/p+2. The molecule has 5 rings (SSSR count). The second kappa shape index (κ2) is 12.2. The summed E-state index contributed by atoms with van der Waals surface area (Å²) in [6.45, 7) is 12.2. The fourth-order valence-corrected chi connectivity index (χ4v) is 6.86. The number of rotatable bonds is 8. The molecule has 9 heteroatoms. The number of unbranched alkanes of at least 4 members (excludes halogenated alkanes) is 1. The first-order valence-electron chi connectivity index (χ1n) is 15.9. The SMILES string of the molecule is Cc1cc(CCCCN)cc(/C=[N+]2/C3CCCCC3/[N+](=C/c3cc(C(C)(C)C)cc(C(C)(C)O)c3O)C2C2OC(=O)O2)c1O. The Morgan fingerprint density at radius 1 is 0.909 bits per heavy atom. The van der Waals surface area contributed by atoms with E-state index in [-0.39, 0.29) is 29.0 Å². The number of carbonyl (C=O) groups excluding carboxylic acids is 1. The lowest BCUT2D eigenvalue weighted by molar-refractivity contribution is -0.740. The topological polar surface area (TPSA) is 128 Å². The van der Waals surface area contributed by atoms with Gasteiger partial charge in [-0.05, 0) is 99.7 Å². The van der Waals surface area contributed by atoms with Crippen LogP contribution in [0, 0.1) is 6.92 Å². The summed E-state index contributed by atoms with van der Waals surface area (Å²) in [6, 6.07) is 8.01. The van der Waals surface area contributed by atoms with Crippen molar-refractivity contribution >= 4 is 18.6 Å². The molecule has 44 heavy (non-hydrogen) atoms. The molecule has 0 radical (unpaired) electrons. The van der Waals surface area contributed by atoms with E-state index in [1.165, 1.54) is 0 Å². The molecule has 2 aromatic carbocycles. The van der Waals surface area contributed by atoms with Gasteiger partial charge in [0.2, 0.25) is 12.1 Å². The summed E-state index contributed by atoms with van der Waals surface area (Å²) in [5.74, 6) is 0.238. The largest absolute Gasteiger partial charge is 0.515 e. The number of phenols is 2. The van der Waals surface area contributed by atoms with Gasteiger partial charge >= 0.3 is 18.6 Å². The molecule has 3 atom stereocenters. The zero-order valence-corrected chi connectivity index (χ0v) is 27.0. The van der Waals surface area contributed by atoms with E-state index < -0.39 is 24.2 Å². The summed E-state index contributed by atoms with van der Waals surface area (Å²) in [5.41, 5.74) is 8.88. The Morgan fingerprint density at radius 2 is 1.50 bits per heavy atom. The smallest absolute Gasteiger partial charge is 0.507 e. The van der Waals surface area contributed by atoms with Crippen LogP contribution in [0.4, 0.5) is 4.79 Å². The maximum Gasteiger partial charge on any atom is 0.515 e. The summed E-state index contributed by atoms with van der Waals surface area (Å²) in [4.78, 5) is 11.9. The van der Waals surface area contributed by atoms with E-state index in [0.29, 0.717) is 23.2 Å². The van der Waals surface area contributed by atoms with Crippen molar-refractivity contribution in [2.24, 2.45) is 5.73 Å². The number of ether oxygens (including phenoxy) is 2. The highest BCUT2D eigenvalue weighted by Crippen LogP contribution is 2.39. The van der Waals surface area contributed by atoms with E-state index in [4.69, 9.17) is 15.2 Å². The second-order valence-corrected chi connectivity index (χ2v) is 14.2. The van der Waals surface area contributed by atoms with Crippen molar-refractivity contribution in [3.05, 3.63) is 57.6 Å². The summed E-state index contributed by atoms with van der Waals surface area (Å²) < 4.78 is 15.4. The Kier molecular flexibility index (Phi) is 8.84. The molecule has 0 aromatic heterocycles. The van der Waals surface area contributed by atoms with E-state index in [1.54, 1.807) is 13.8 Å². The Hall–Kier alpha value is -3.43. The number of fused-ring (bicyclic) bond motifs is 1. The second-order valence-electron chi connectivity index (χ2n) is 14.2. The predicted octanol–water partition coefficient (Wildman–Crippen LogP) is 4.92. The molecule has 0 bridgehead atoms. The van der Waals surface area contributed by atoms with Crippen LogP contribution >= 0.6 is 0 Å². The number of carbonyl (C=O) groups is 1. The lowest BCUT2D eigenvalue weighted by Gasteiger charge is -2.26. The Bertz CT molecular complexity index is 1470. The molecule has 2 aliphatic heterocycles. The van der Waals surface area contributed by atoms with Crippen LogP contribution in [0.3, 0.4) is 0 Å². The Morgan fingerprint density at radius 3 is 2.02 bits per heavy atom. The highest BCUT2D eigenvalue weighted by atomic mass is 16.9. The molecule has 0 spiro atoms. The summed E-state index contributed by atoms with van der Waals surface area (Å²) in [5, 5.41) is 33.7. The fourth-order valence-electron chi connectivity index (χ4n) is 6.86. The average Bonchev–Trinajstić information content (AvgIpc) is 3.22. The minimum absolute atomic E-state index is 0.0176. The lowest BCUT2D eigenvalue weighted by atomic mass is 9.82. The van der Waals surface area contributed by atoms with Crippen molar-refractivity contribution in [1.82, 2.24) is 0 Å². The average molecular weight is 608 g/mol. The van der Waals surface area contributed by atoms with Crippen LogP contribution in [0.2, 0.25) is 0 Å². The summed E-state index contributed by atoms with van der Waals surface area (Å²) in [6.07, 6.45) is 8.52. The van der Waals surface area contributed by atoms with Crippen LogP contribution in [-0.2, 0) is 26.9 Å². The number of aryl methyl sites for hydroxylation is 2. The lowest BCUT2D eigenvalue weighted by Crippen LogP contribution is -2.52. The monoisotopic (exact) mass is 607 g/mol. The van der Waals surface area contributed by atoms with Gasteiger partial charge in [-0.3, -0.25) is 0 Å². The molecule has 2 saturated heterocycles. The maximum absolute atomic E-state index is 11.9. The number of nitrogens with zero attached hydrogens (tertiary/aromatic N) is 2. The van der Waals surface area contributed by atoms with Gasteiger partial charge in [-0.15, -0.1) is 0 Å². The van der Waals surface area contributed by atoms with E-state index in [2.05, 4.69) is 29.9 Å². The van der Waals surface area contributed by atoms with Crippen LogP contribution in [0.25, 0.3) is 0 Å². The molecule has 0 amide bonds. The minimum Gasteiger partial charge on any atom is -0.507 e. The third-order valence-electron chi connectivity index (χ3n) is 9.29. The van der Waals surface area contributed by atoms with Gasteiger partial charge in [-0.1, -0.05) is 26.8 Å². The zero-order chi connectivity index (χ0) is 32.0. The van der Waals surface area contributed by atoms with Crippen LogP contribution < -0.4 is 5.73 Å². The molecule has 3 fully saturated rings. The minimum atomic E-state index is -1.26. The fraction of sp³-hybridized carbons (Fsp3) is 0.571. The highest BCUT2D eigenvalue weighted by molar-refractivity contribution is 5.83. The van der Waals surface area contributed by atoms with Crippen LogP contribution in [0.1, 0.15) is 107 Å². The van der Waals surface area contributed by atoms with Gasteiger partial charge in [0.05, 0.1) is 16.7 Å². The molecular weight excluding hydrogens is 558 g/mol. The number of hydrogen-bond donors (Lipinski definition) is 4. The quantitative estimate of drug-likeness (QED) is 0.191. The third kappa shape index (κ3) is 6.35. The van der Waals surface area contributed by atoms with Gasteiger partial charge in [0.25, 0.3) is 0 Å². The summed E-state index contributed by atoms with van der Waals surface area (Å²) >= 11 is 0. The van der Waals surface area contributed by atoms with Gasteiger partial charge < -0.3 is 30.5 Å². The van der Waals surface area contributed by atoms with Crippen molar-refractivity contribution in [3.8, 4) is 11.5 Å². The first-order valence-corrected chi connectivity index (χ1v) is 15.9. The Balaban J connectivity index is 1.68.